The molecule has 0 saturated heterocycles. The second-order valence-electron chi connectivity index (χ2n) is 6.69. The van der Waals surface area contributed by atoms with Gasteiger partial charge in [0.2, 0.25) is 0 Å². The number of carbonyl (C=O) groups is 1. The number of nitrogens with zero attached hydrogens (tertiary/aromatic N) is 2. The van der Waals surface area contributed by atoms with Crippen molar-refractivity contribution < 1.29 is 4.79 Å². The van der Waals surface area contributed by atoms with Gasteiger partial charge in [-0.05, 0) is 47.9 Å². The highest BCUT2D eigenvalue weighted by molar-refractivity contribution is 6.09. The number of anilines is 1. The van der Waals surface area contributed by atoms with E-state index in [2.05, 4.69) is 42.8 Å². The van der Waals surface area contributed by atoms with Crippen molar-refractivity contribution in [1.82, 2.24) is 25.4 Å². The Balaban J connectivity index is 1.60. The summed E-state index contributed by atoms with van der Waals surface area (Å²) in [6, 6.07) is 14.0. The number of rotatable bonds is 4. The zero-order chi connectivity index (χ0) is 19.1. The number of hydrogen-bond donors (Lipinski definition) is 4. The molecule has 2 aromatic carbocycles. The van der Waals surface area contributed by atoms with Crippen LogP contribution in [0, 0.1) is 0 Å². The Morgan fingerprint density at radius 1 is 1.07 bits per heavy atom. The highest BCUT2D eigenvalue weighted by Gasteiger charge is 2.15. The van der Waals surface area contributed by atoms with Gasteiger partial charge in [-0.15, -0.1) is 0 Å². The van der Waals surface area contributed by atoms with Crippen LogP contribution in [0.2, 0.25) is 0 Å². The molecule has 138 valence electrons. The smallest absolute Gasteiger partial charge is 0.276 e. The third-order valence-corrected chi connectivity index (χ3v) is 4.96. The van der Waals surface area contributed by atoms with Crippen LogP contribution in [0.3, 0.4) is 0 Å². The maximum atomic E-state index is 12.7. The lowest BCUT2D eigenvalue weighted by atomic mass is 9.99. The molecule has 0 saturated carbocycles. The minimum atomic E-state index is -0.254. The number of H-pyrrole nitrogens is 3. The fourth-order valence-electron chi connectivity index (χ4n) is 3.49. The standard InChI is InChI=1S/C21H18N6O/c1-2-13-10-20(27-25-13)21(28)24-18-8-12(9-19-16(18)11-23-26-19)14-4-3-5-17-15(14)6-7-22-17/h3-11,22H,2H2,1H3,(H,23,26)(H,24,28)(H,25,27). The van der Waals surface area contributed by atoms with Crippen LogP contribution < -0.4 is 5.32 Å². The highest BCUT2D eigenvalue weighted by atomic mass is 16.1. The van der Waals surface area contributed by atoms with Gasteiger partial charge >= 0.3 is 0 Å². The predicted molar refractivity (Wildman–Crippen MR) is 109 cm³/mol. The number of carbonyl (C=O) groups excluding carboxylic acids is 1. The lowest BCUT2D eigenvalue weighted by Gasteiger charge is -2.10. The molecule has 0 aliphatic carbocycles. The molecule has 0 fully saturated rings. The Morgan fingerprint density at radius 3 is 2.86 bits per heavy atom. The van der Waals surface area contributed by atoms with Gasteiger partial charge in [0.1, 0.15) is 0 Å². The molecule has 5 rings (SSSR count). The van der Waals surface area contributed by atoms with Crippen LogP contribution in [0.15, 0.2) is 54.9 Å². The molecule has 0 spiro atoms. The van der Waals surface area contributed by atoms with E-state index in [0.717, 1.165) is 45.0 Å². The molecule has 1 amide bonds. The van der Waals surface area contributed by atoms with Crippen molar-refractivity contribution in [2.45, 2.75) is 13.3 Å². The van der Waals surface area contributed by atoms with Crippen molar-refractivity contribution in [3.05, 3.63) is 66.2 Å². The molecule has 0 aliphatic rings. The van der Waals surface area contributed by atoms with Crippen molar-refractivity contribution in [2.24, 2.45) is 0 Å². The number of amides is 1. The normalized spacial score (nSPS) is 11.3. The number of aromatic amines is 3. The van der Waals surface area contributed by atoms with Crippen molar-refractivity contribution in [3.8, 4) is 11.1 Å². The summed E-state index contributed by atoms with van der Waals surface area (Å²) in [6.07, 6.45) is 4.44. The van der Waals surface area contributed by atoms with Crippen molar-refractivity contribution in [1.29, 1.82) is 0 Å². The predicted octanol–water partition coefficient (Wildman–Crippen LogP) is 4.25. The first-order chi connectivity index (χ1) is 13.7. The fourth-order valence-corrected chi connectivity index (χ4v) is 3.49. The second kappa shape index (κ2) is 6.38. The van der Waals surface area contributed by atoms with Crippen LogP contribution in [0.5, 0.6) is 0 Å². The number of benzene rings is 2. The van der Waals surface area contributed by atoms with Crippen LogP contribution in [-0.2, 0) is 6.42 Å². The molecule has 5 aromatic rings. The summed E-state index contributed by atoms with van der Waals surface area (Å²) in [5, 5.41) is 19.1. The Bertz CT molecular complexity index is 1310. The summed E-state index contributed by atoms with van der Waals surface area (Å²) >= 11 is 0. The summed E-state index contributed by atoms with van der Waals surface area (Å²) < 4.78 is 0. The average Bonchev–Trinajstić information content (AvgIpc) is 3.46. The van der Waals surface area contributed by atoms with E-state index in [-0.39, 0.29) is 5.91 Å². The minimum Gasteiger partial charge on any atom is -0.361 e. The zero-order valence-electron chi connectivity index (χ0n) is 15.2. The molecule has 3 heterocycles. The van der Waals surface area contributed by atoms with Gasteiger partial charge in [0, 0.05) is 28.2 Å². The van der Waals surface area contributed by atoms with Gasteiger partial charge in [-0.2, -0.15) is 10.2 Å². The van der Waals surface area contributed by atoms with Crippen LogP contribution in [0.1, 0.15) is 23.1 Å². The summed E-state index contributed by atoms with van der Waals surface area (Å²) in [4.78, 5) is 15.9. The maximum absolute atomic E-state index is 12.7. The summed E-state index contributed by atoms with van der Waals surface area (Å²) in [5.41, 5.74) is 5.98. The monoisotopic (exact) mass is 370 g/mol. The van der Waals surface area contributed by atoms with E-state index in [9.17, 15) is 4.79 Å². The average molecular weight is 370 g/mol. The summed E-state index contributed by atoms with van der Waals surface area (Å²) in [6.45, 7) is 2.01. The van der Waals surface area contributed by atoms with Crippen molar-refractivity contribution in [2.75, 3.05) is 5.32 Å². The molecule has 4 N–H and O–H groups in total. The number of hydrogen-bond acceptors (Lipinski definition) is 3. The molecule has 0 unspecified atom stereocenters. The molecule has 0 radical (unpaired) electrons. The van der Waals surface area contributed by atoms with Gasteiger partial charge < -0.3 is 10.3 Å². The number of fused-ring (bicyclic) bond motifs is 2. The molecule has 0 aliphatic heterocycles. The lowest BCUT2D eigenvalue weighted by Crippen LogP contribution is -2.12. The van der Waals surface area contributed by atoms with Gasteiger partial charge in [0.25, 0.3) is 5.91 Å². The third-order valence-electron chi connectivity index (χ3n) is 4.96. The number of nitrogens with one attached hydrogen (secondary N) is 4. The zero-order valence-corrected chi connectivity index (χ0v) is 15.2. The third kappa shape index (κ3) is 2.64. The van der Waals surface area contributed by atoms with E-state index >= 15 is 0 Å². The first-order valence-electron chi connectivity index (χ1n) is 9.12. The van der Waals surface area contributed by atoms with Crippen LogP contribution in [-0.4, -0.2) is 31.3 Å². The number of aromatic nitrogens is 5. The quantitative estimate of drug-likeness (QED) is 0.380. The summed E-state index contributed by atoms with van der Waals surface area (Å²) in [7, 11) is 0. The van der Waals surface area contributed by atoms with Gasteiger partial charge in [0.15, 0.2) is 5.69 Å². The fraction of sp³-hybridized carbons (Fsp3) is 0.0952. The van der Waals surface area contributed by atoms with Crippen LogP contribution in [0.25, 0.3) is 32.9 Å². The van der Waals surface area contributed by atoms with Crippen molar-refractivity contribution in [3.63, 3.8) is 0 Å². The van der Waals surface area contributed by atoms with Crippen LogP contribution >= 0.6 is 0 Å². The van der Waals surface area contributed by atoms with Gasteiger partial charge in [0.05, 0.1) is 17.4 Å². The molecule has 0 atom stereocenters. The van der Waals surface area contributed by atoms with E-state index in [4.69, 9.17) is 0 Å². The first-order valence-corrected chi connectivity index (χ1v) is 9.12. The topological polar surface area (TPSA) is 102 Å². The molecule has 0 bridgehead atoms. The molecule has 7 heteroatoms. The van der Waals surface area contributed by atoms with E-state index in [1.54, 1.807) is 12.3 Å². The van der Waals surface area contributed by atoms with E-state index in [0.29, 0.717) is 11.4 Å². The molecular formula is C21H18N6O. The number of aryl methyl sites for hydroxylation is 1. The summed E-state index contributed by atoms with van der Waals surface area (Å²) in [5.74, 6) is -0.254. The SMILES string of the molecule is CCc1cc(C(=O)Nc2cc(-c3cccc4[nH]ccc34)cc3[nH]ncc23)n[nH]1. The highest BCUT2D eigenvalue weighted by Crippen LogP contribution is 2.34. The molecule has 28 heavy (non-hydrogen) atoms. The van der Waals surface area contributed by atoms with Gasteiger partial charge in [-0.1, -0.05) is 19.1 Å². The Hall–Kier alpha value is -3.87. The largest absolute Gasteiger partial charge is 0.361 e. The molecule has 7 nitrogen and oxygen atoms in total. The van der Waals surface area contributed by atoms with Crippen molar-refractivity contribution >= 4 is 33.4 Å². The Labute approximate surface area is 160 Å². The maximum Gasteiger partial charge on any atom is 0.276 e. The minimum absolute atomic E-state index is 0.254. The Kier molecular flexibility index (Phi) is 3.72. The van der Waals surface area contributed by atoms with Gasteiger partial charge in [-0.3, -0.25) is 15.0 Å². The van der Waals surface area contributed by atoms with E-state index in [1.165, 1.54) is 0 Å². The van der Waals surface area contributed by atoms with E-state index in [1.807, 2.05) is 37.4 Å². The lowest BCUT2D eigenvalue weighted by molar-refractivity contribution is 0.102. The molecular weight excluding hydrogens is 352 g/mol. The second-order valence-corrected chi connectivity index (χ2v) is 6.69. The van der Waals surface area contributed by atoms with E-state index < -0.39 is 0 Å². The Morgan fingerprint density at radius 2 is 2.00 bits per heavy atom. The van der Waals surface area contributed by atoms with Gasteiger partial charge in [-0.25, -0.2) is 0 Å². The first kappa shape index (κ1) is 16.3. The van der Waals surface area contributed by atoms with Crippen LogP contribution in [0.4, 0.5) is 5.69 Å². The molecule has 3 aromatic heterocycles.